The highest BCUT2D eigenvalue weighted by atomic mass is 35.5. The molecule has 0 fully saturated rings. The van der Waals surface area contributed by atoms with Crippen LogP contribution in [0.4, 0.5) is 4.39 Å². The Kier molecular flexibility index (Phi) is 3.89. The summed E-state index contributed by atoms with van der Waals surface area (Å²) in [6, 6.07) is 7.40. The van der Waals surface area contributed by atoms with Crippen molar-refractivity contribution in [1.29, 1.82) is 0 Å². The van der Waals surface area contributed by atoms with Crippen LogP contribution in [0.5, 0.6) is 0 Å². The van der Waals surface area contributed by atoms with Crippen molar-refractivity contribution in [3.05, 3.63) is 64.7 Å². The number of hydrogen-bond acceptors (Lipinski definition) is 2. The number of aromatic nitrogens is 1. The molecule has 92 valence electrons. The summed E-state index contributed by atoms with van der Waals surface area (Å²) in [5, 5.41) is 3.05. The molecule has 5 heteroatoms. The van der Waals surface area contributed by atoms with Gasteiger partial charge in [0.2, 0.25) is 0 Å². The minimum Gasteiger partial charge on any atom is -0.348 e. The first-order valence-electron chi connectivity index (χ1n) is 5.29. The van der Waals surface area contributed by atoms with E-state index in [9.17, 15) is 9.18 Å². The number of benzene rings is 1. The Balaban J connectivity index is 2.04. The first-order valence-corrected chi connectivity index (χ1v) is 5.67. The lowest BCUT2D eigenvalue weighted by molar-refractivity contribution is 0.0950. The molecule has 0 radical (unpaired) electrons. The fourth-order valence-corrected chi connectivity index (χ4v) is 1.65. The Morgan fingerprint density at radius 3 is 2.72 bits per heavy atom. The Bertz CT molecular complexity index is 560. The molecule has 0 aliphatic carbocycles. The number of halogens is 2. The number of rotatable bonds is 3. The predicted molar refractivity (Wildman–Crippen MR) is 66.8 cm³/mol. The van der Waals surface area contributed by atoms with Gasteiger partial charge < -0.3 is 5.32 Å². The third-order valence-electron chi connectivity index (χ3n) is 2.39. The molecule has 0 unspecified atom stereocenters. The summed E-state index contributed by atoms with van der Waals surface area (Å²) in [5.74, 6) is -0.675. The minimum atomic E-state index is -0.394. The van der Waals surface area contributed by atoms with Gasteiger partial charge in [-0.2, -0.15) is 0 Å². The Morgan fingerprint density at radius 2 is 2.00 bits per heavy atom. The molecule has 0 aliphatic heterocycles. The van der Waals surface area contributed by atoms with E-state index in [1.54, 1.807) is 12.1 Å². The molecule has 2 aromatic rings. The highest BCUT2D eigenvalue weighted by Crippen LogP contribution is 2.14. The summed E-state index contributed by atoms with van der Waals surface area (Å²) >= 11 is 5.76. The van der Waals surface area contributed by atoms with Crippen LogP contribution in [0, 0.1) is 5.82 Å². The third kappa shape index (κ3) is 3.05. The van der Waals surface area contributed by atoms with E-state index >= 15 is 0 Å². The Hall–Kier alpha value is -1.94. The second-order valence-corrected chi connectivity index (χ2v) is 4.09. The van der Waals surface area contributed by atoms with Crippen molar-refractivity contribution < 1.29 is 9.18 Å². The average molecular weight is 265 g/mol. The normalized spacial score (nSPS) is 10.1. The van der Waals surface area contributed by atoms with Crippen LogP contribution in [-0.4, -0.2) is 10.9 Å². The van der Waals surface area contributed by atoms with Crippen LogP contribution in [0.2, 0.25) is 5.02 Å². The molecule has 0 bridgehead atoms. The summed E-state index contributed by atoms with van der Waals surface area (Å²) < 4.78 is 13.4. The number of hydrogen-bond donors (Lipinski definition) is 1. The fraction of sp³-hybridized carbons (Fsp3) is 0.0769. The lowest BCUT2D eigenvalue weighted by atomic mass is 10.2. The van der Waals surface area contributed by atoms with E-state index in [1.807, 2.05) is 0 Å². The van der Waals surface area contributed by atoms with Crippen LogP contribution in [0.1, 0.15) is 15.9 Å². The van der Waals surface area contributed by atoms with Crippen LogP contribution in [0.3, 0.4) is 0 Å². The number of carbonyl (C=O) groups is 1. The van der Waals surface area contributed by atoms with Crippen molar-refractivity contribution in [2.45, 2.75) is 6.54 Å². The highest BCUT2D eigenvalue weighted by molar-refractivity contribution is 6.30. The van der Waals surface area contributed by atoms with Gasteiger partial charge in [-0.25, -0.2) is 4.39 Å². The lowest BCUT2D eigenvalue weighted by Crippen LogP contribution is -2.23. The molecule has 2 rings (SSSR count). The molecule has 1 aromatic heterocycles. The first-order chi connectivity index (χ1) is 8.66. The van der Waals surface area contributed by atoms with Gasteiger partial charge in [0.1, 0.15) is 5.82 Å². The summed E-state index contributed by atoms with van der Waals surface area (Å²) in [5.41, 5.74) is 0.831. The molecule has 0 aliphatic rings. The maximum absolute atomic E-state index is 13.4. The maximum Gasteiger partial charge on any atom is 0.251 e. The van der Waals surface area contributed by atoms with Gasteiger partial charge in [-0.1, -0.05) is 11.6 Å². The van der Waals surface area contributed by atoms with Crippen molar-refractivity contribution in [2.24, 2.45) is 0 Å². The van der Waals surface area contributed by atoms with Crippen LogP contribution in [0.25, 0.3) is 0 Å². The smallest absolute Gasteiger partial charge is 0.251 e. The largest absolute Gasteiger partial charge is 0.348 e. The van der Waals surface area contributed by atoms with Crippen LogP contribution in [0.15, 0.2) is 42.7 Å². The lowest BCUT2D eigenvalue weighted by Gasteiger charge is -2.06. The molecule has 0 saturated heterocycles. The minimum absolute atomic E-state index is 0.0908. The molecule has 1 aromatic carbocycles. The number of nitrogens with zero attached hydrogens (tertiary/aromatic N) is 1. The van der Waals surface area contributed by atoms with Crippen molar-refractivity contribution in [3.63, 3.8) is 0 Å². The van der Waals surface area contributed by atoms with Crippen LogP contribution >= 0.6 is 11.6 Å². The van der Waals surface area contributed by atoms with Crippen molar-refractivity contribution in [2.75, 3.05) is 0 Å². The topological polar surface area (TPSA) is 42.0 Å². The van der Waals surface area contributed by atoms with E-state index in [2.05, 4.69) is 10.3 Å². The van der Waals surface area contributed by atoms with Crippen LogP contribution in [-0.2, 0) is 6.54 Å². The van der Waals surface area contributed by atoms with Crippen molar-refractivity contribution in [1.82, 2.24) is 10.3 Å². The van der Waals surface area contributed by atoms with Crippen molar-refractivity contribution >= 4 is 17.5 Å². The number of pyridine rings is 1. The molecule has 1 heterocycles. The quantitative estimate of drug-likeness (QED) is 0.926. The van der Waals surface area contributed by atoms with Gasteiger partial charge in [0, 0.05) is 35.1 Å². The SMILES string of the molecule is O=C(NCc1cc(Cl)ccc1F)c1ccncc1. The van der Waals surface area contributed by atoms with Gasteiger partial charge in [-0.15, -0.1) is 0 Å². The Labute approximate surface area is 109 Å². The van der Waals surface area contributed by atoms with E-state index in [4.69, 9.17) is 11.6 Å². The summed E-state index contributed by atoms with van der Waals surface area (Å²) in [4.78, 5) is 15.5. The molecule has 1 N–H and O–H groups in total. The Morgan fingerprint density at radius 1 is 1.28 bits per heavy atom. The van der Waals surface area contributed by atoms with E-state index in [0.29, 0.717) is 16.1 Å². The second-order valence-electron chi connectivity index (χ2n) is 3.65. The predicted octanol–water partition coefficient (Wildman–Crippen LogP) is 2.80. The average Bonchev–Trinajstić information content (AvgIpc) is 2.40. The molecule has 0 saturated carbocycles. The van der Waals surface area contributed by atoms with Gasteiger partial charge in [-0.05, 0) is 30.3 Å². The summed E-state index contributed by atoms with van der Waals surface area (Å²) in [6.07, 6.45) is 3.05. The molecule has 3 nitrogen and oxygen atoms in total. The van der Waals surface area contributed by atoms with Crippen molar-refractivity contribution in [3.8, 4) is 0 Å². The zero-order valence-corrected chi connectivity index (χ0v) is 10.1. The van der Waals surface area contributed by atoms with Gasteiger partial charge in [0.25, 0.3) is 5.91 Å². The molecular formula is C13H10ClFN2O. The molecule has 18 heavy (non-hydrogen) atoms. The second kappa shape index (κ2) is 5.60. The zero-order valence-electron chi connectivity index (χ0n) is 9.36. The number of carbonyl (C=O) groups excluding carboxylic acids is 1. The van der Waals surface area contributed by atoms with Gasteiger partial charge >= 0.3 is 0 Å². The van der Waals surface area contributed by atoms with E-state index in [-0.39, 0.29) is 12.5 Å². The summed E-state index contributed by atoms with van der Waals surface area (Å²) in [7, 11) is 0. The van der Waals surface area contributed by atoms with E-state index in [0.717, 1.165) is 0 Å². The van der Waals surface area contributed by atoms with E-state index in [1.165, 1.54) is 30.6 Å². The maximum atomic E-state index is 13.4. The van der Waals surface area contributed by atoms with Gasteiger partial charge in [0.05, 0.1) is 0 Å². The monoisotopic (exact) mass is 264 g/mol. The first kappa shape index (κ1) is 12.5. The van der Waals surface area contributed by atoms with Gasteiger partial charge in [-0.3, -0.25) is 9.78 Å². The molecule has 0 atom stereocenters. The van der Waals surface area contributed by atoms with E-state index < -0.39 is 5.82 Å². The third-order valence-corrected chi connectivity index (χ3v) is 2.62. The van der Waals surface area contributed by atoms with Crippen LogP contribution < -0.4 is 5.32 Å². The molecule has 1 amide bonds. The molecule has 0 spiro atoms. The zero-order chi connectivity index (χ0) is 13.0. The molecular weight excluding hydrogens is 255 g/mol. The fourth-order valence-electron chi connectivity index (χ4n) is 1.46. The standard InChI is InChI=1S/C13H10ClFN2O/c14-11-1-2-12(15)10(7-11)8-17-13(18)9-3-5-16-6-4-9/h1-7H,8H2,(H,17,18). The highest BCUT2D eigenvalue weighted by Gasteiger charge is 2.07. The number of nitrogens with one attached hydrogen (secondary N) is 1. The number of amides is 1. The summed E-state index contributed by atoms with van der Waals surface area (Å²) in [6.45, 7) is 0.0908. The van der Waals surface area contributed by atoms with Gasteiger partial charge in [0.15, 0.2) is 0 Å².